The lowest BCUT2D eigenvalue weighted by Crippen LogP contribution is -2.53. The minimum Gasteiger partial charge on any atom is -0.368 e. The van der Waals surface area contributed by atoms with Gasteiger partial charge in [-0.15, -0.1) is 0 Å². The molecular weight excluding hydrogens is 418 g/mol. The van der Waals surface area contributed by atoms with Gasteiger partial charge in [-0.3, -0.25) is 14.4 Å². The molecule has 0 aromatic heterocycles. The van der Waals surface area contributed by atoms with Crippen molar-refractivity contribution in [3.8, 4) is 0 Å². The number of nitrogens with zero attached hydrogens (tertiary/aromatic N) is 2. The molecule has 0 spiro atoms. The van der Waals surface area contributed by atoms with E-state index in [1.54, 1.807) is 4.90 Å². The summed E-state index contributed by atoms with van der Waals surface area (Å²) in [4.78, 5) is 42.8. The average Bonchev–Trinajstić information content (AvgIpc) is 3.35. The van der Waals surface area contributed by atoms with Crippen LogP contribution in [0.4, 0.5) is 0 Å². The summed E-state index contributed by atoms with van der Waals surface area (Å²) in [6.07, 6.45) is 3.21. The number of nitrogens with one attached hydrogen (secondary N) is 1. The second-order valence-electron chi connectivity index (χ2n) is 11.1. The number of Topliss-reactive ketones (excluding diaryl/α,β-unsaturated/α-hetero) is 1. The predicted octanol–water partition coefficient (Wildman–Crippen LogP) is 2.60. The van der Waals surface area contributed by atoms with E-state index in [1.807, 2.05) is 45.0 Å². The van der Waals surface area contributed by atoms with Gasteiger partial charge in [-0.2, -0.15) is 0 Å². The second kappa shape index (κ2) is 9.55. The molecule has 3 aliphatic heterocycles. The van der Waals surface area contributed by atoms with Crippen molar-refractivity contribution in [3.05, 3.63) is 35.4 Å². The Labute approximate surface area is 196 Å². The van der Waals surface area contributed by atoms with Crippen molar-refractivity contribution >= 4 is 17.6 Å². The molecular formula is C26H37N3O4. The van der Waals surface area contributed by atoms with E-state index < -0.39 is 12.1 Å². The van der Waals surface area contributed by atoms with Gasteiger partial charge in [0.15, 0.2) is 5.78 Å². The lowest BCUT2D eigenvalue weighted by Gasteiger charge is -2.31. The van der Waals surface area contributed by atoms with Gasteiger partial charge < -0.3 is 19.9 Å². The SMILES string of the molecule is CN1CCC(c2ccc(C(=O)N[C@@H](CC(C)(C)C)C(=O)N3CC[C@H]4OCC(=O)[C@H]43)cc2)CC1. The van der Waals surface area contributed by atoms with Crippen molar-refractivity contribution in [1.29, 1.82) is 0 Å². The van der Waals surface area contributed by atoms with Crippen LogP contribution >= 0.6 is 0 Å². The van der Waals surface area contributed by atoms with Gasteiger partial charge in [0.2, 0.25) is 5.91 Å². The molecule has 0 unspecified atom stereocenters. The molecule has 33 heavy (non-hydrogen) atoms. The molecule has 3 saturated heterocycles. The number of ether oxygens (including phenoxy) is 1. The number of carbonyl (C=O) groups excluding carboxylic acids is 3. The summed E-state index contributed by atoms with van der Waals surface area (Å²) < 4.78 is 5.53. The van der Waals surface area contributed by atoms with Gasteiger partial charge in [-0.1, -0.05) is 32.9 Å². The van der Waals surface area contributed by atoms with Crippen molar-refractivity contribution in [2.75, 3.05) is 33.3 Å². The highest BCUT2D eigenvalue weighted by Crippen LogP contribution is 2.30. The Balaban J connectivity index is 1.45. The number of fused-ring (bicyclic) bond motifs is 1. The molecule has 0 aliphatic carbocycles. The average molecular weight is 456 g/mol. The number of hydrogen-bond acceptors (Lipinski definition) is 5. The summed E-state index contributed by atoms with van der Waals surface area (Å²) in [5, 5.41) is 2.98. The van der Waals surface area contributed by atoms with Crippen LogP contribution in [0, 0.1) is 5.41 Å². The van der Waals surface area contributed by atoms with Crippen LogP contribution in [0.3, 0.4) is 0 Å². The van der Waals surface area contributed by atoms with Crippen molar-refractivity contribution < 1.29 is 19.1 Å². The Morgan fingerprint density at radius 1 is 1.09 bits per heavy atom. The molecule has 7 nitrogen and oxygen atoms in total. The van der Waals surface area contributed by atoms with Crippen molar-refractivity contribution in [1.82, 2.24) is 15.1 Å². The molecule has 180 valence electrons. The van der Waals surface area contributed by atoms with Gasteiger partial charge in [0.1, 0.15) is 18.7 Å². The van der Waals surface area contributed by atoms with E-state index in [9.17, 15) is 14.4 Å². The number of ketones is 1. The van der Waals surface area contributed by atoms with E-state index in [0.717, 1.165) is 25.9 Å². The summed E-state index contributed by atoms with van der Waals surface area (Å²) in [5.74, 6) is 0.0452. The van der Waals surface area contributed by atoms with Gasteiger partial charge in [-0.25, -0.2) is 0 Å². The van der Waals surface area contributed by atoms with Gasteiger partial charge in [-0.05, 0) is 74.8 Å². The van der Waals surface area contributed by atoms with Crippen LogP contribution in [-0.2, 0) is 14.3 Å². The molecule has 2 amide bonds. The number of likely N-dealkylation sites (tertiary alicyclic amines) is 2. The maximum absolute atomic E-state index is 13.5. The molecule has 0 bridgehead atoms. The number of carbonyl (C=O) groups is 3. The maximum atomic E-state index is 13.5. The molecule has 1 aromatic rings. The van der Waals surface area contributed by atoms with E-state index in [2.05, 4.69) is 17.3 Å². The molecule has 0 saturated carbocycles. The summed E-state index contributed by atoms with van der Waals surface area (Å²) in [7, 11) is 2.15. The van der Waals surface area contributed by atoms with Gasteiger partial charge in [0.05, 0.1) is 6.10 Å². The van der Waals surface area contributed by atoms with Crippen LogP contribution in [0.25, 0.3) is 0 Å². The van der Waals surface area contributed by atoms with Gasteiger partial charge >= 0.3 is 0 Å². The minimum atomic E-state index is -0.682. The quantitative estimate of drug-likeness (QED) is 0.738. The third-order valence-electron chi connectivity index (χ3n) is 7.18. The Bertz CT molecular complexity index is 884. The van der Waals surface area contributed by atoms with Crippen LogP contribution in [0.15, 0.2) is 24.3 Å². The molecule has 3 heterocycles. The number of rotatable bonds is 5. The van der Waals surface area contributed by atoms with Crippen molar-refractivity contribution in [3.63, 3.8) is 0 Å². The molecule has 1 aromatic carbocycles. The first-order valence-corrected chi connectivity index (χ1v) is 12.2. The fraction of sp³-hybridized carbons (Fsp3) is 0.654. The lowest BCUT2D eigenvalue weighted by atomic mass is 9.87. The Hall–Kier alpha value is -2.25. The topological polar surface area (TPSA) is 79.0 Å². The minimum absolute atomic E-state index is 0.0452. The smallest absolute Gasteiger partial charge is 0.251 e. The van der Waals surface area contributed by atoms with E-state index >= 15 is 0 Å². The largest absolute Gasteiger partial charge is 0.368 e. The van der Waals surface area contributed by atoms with E-state index in [-0.39, 0.29) is 35.7 Å². The highest BCUT2D eigenvalue weighted by Gasteiger charge is 2.48. The molecule has 7 heteroatoms. The van der Waals surface area contributed by atoms with Crippen molar-refractivity contribution in [2.24, 2.45) is 5.41 Å². The summed E-state index contributed by atoms with van der Waals surface area (Å²) in [6, 6.07) is 6.63. The van der Waals surface area contributed by atoms with Crippen LogP contribution in [0.2, 0.25) is 0 Å². The first-order valence-electron chi connectivity index (χ1n) is 12.2. The van der Waals surface area contributed by atoms with Crippen LogP contribution < -0.4 is 5.32 Å². The number of benzene rings is 1. The first kappa shape index (κ1) is 23.9. The molecule has 0 radical (unpaired) electrons. The second-order valence-corrected chi connectivity index (χ2v) is 11.1. The highest BCUT2D eigenvalue weighted by atomic mass is 16.5. The zero-order valence-corrected chi connectivity index (χ0v) is 20.3. The molecule has 3 fully saturated rings. The highest BCUT2D eigenvalue weighted by molar-refractivity contribution is 5.99. The van der Waals surface area contributed by atoms with Gasteiger partial charge in [0.25, 0.3) is 5.91 Å². The maximum Gasteiger partial charge on any atom is 0.251 e. The lowest BCUT2D eigenvalue weighted by molar-refractivity contribution is -0.138. The summed E-state index contributed by atoms with van der Waals surface area (Å²) in [6.45, 7) is 8.89. The van der Waals surface area contributed by atoms with E-state index in [4.69, 9.17) is 4.74 Å². The number of piperidine rings is 1. The molecule has 1 N–H and O–H groups in total. The normalized spacial score (nSPS) is 25.2. The van der Waals surface area contributed by atoms with E-state index in [1.165, 1.54) is 5.56 Å². The van der Waals surface area contributed by atoms with Crippen LogP contribution in [0.1, 0.15) is 68.3 Å². The number of amides is 2. The third-order valence-corrected chi connectivity index (χ3v) is 7.18. The first-order chi connectivity index (χ1) is 15.6. The summed E-state index contributed by atoms with van der Waals surface area (Å²) in [5.41, 5.74) is 1.66. The predicted molar refractivity (Wildman–Crippen MR) is 126 cm³/mol. The van der Waals surface area contributed by atoms with Crippen LogP contribution in [-0.4, -0.2) is 78.9 Å². The van der Waals surface area contributed by atoms with E-state index in [0.29, 0.717) is 30.9 Å². The fourth-order valence-electron chi connectivity index (χ4n) is 5.34. The Morgan fingerprint density at radius 2 is 1.76 bits per heavy atom. The monoisotopic (exact) mass is 455 g/mol. The van der Waals surface area contributed by atoms with Crippen molar-refractivity contribution in [2.45, 2.75) is 70.6 Å². The standard InChI is InChI=1S/C26H37N3O4/c1-26(2,3)15-20(25(32)29-14-11-22-23(29)21(30)16-33-22)27-24(31)19-7-5-17(6-8-19)18-9-12-28(4)13-10-18/h5-8,18,20,22-23H,9-16H2,1-4H3,(H,27,31)/t20-,22+,23+/m0/s1. The molecule has 4 rings (SSSR count). The van der Waals surface area contributed by atoms with Gasteiger partial charge in [0, 0.05) is 12.1 Å². The summed E-state index contributed by atoms with van der Waals surface area (Å²) >= 11 is 0. The third kappa shape index (κ3) is 5.46. The number of hydrogen-bond donors (Lipinski definition) is 1. The Morgan fingerprint density at radius 3 is 2.39 bits per heavy atom. The fourth-order valence-corrected chi connectivity index (χ4v) is 5.34. The zero-order chi connectivity index (χ0) is 23.8. The van der Waals surface area contributed by atoms with Crippen LogP contribution in [0.5, 0.6) is 0 Å². The molecule has 3 atom stereocenters. The zero-order valence-electron chi connectivity index (χ0n) is 20.3. The molecule has 3 aliphatic rings. The Kier molecular flexibility index (Phi) is 6.91.